The van der Waals surface area contributed by atoms with Crippen molar-refractivity contribution in [3.63, 3.8) is 0 Å². The highest BCUT2D eigenvalue weighted by Crippen LogP contribution is 2.05. The van der Waals surface area contributed by atoms with Crippen LogP contribution in [0.15, 0.2) is 23.1 Å². The molecule has 0 fully saturated rings. The molecule has 0 aliphatic rings. The highest BCUT2D eigenvalue weighted by molar-refractivity contribution is 5.74. The van der Waals surface area contributed by atoms with Gasteiger partial charge in [0, 0.05) is 18.0 Å². The lowest BCUT2D eigenvalue weighted by molar-refractivity contribution is 0.112. The Balaban J connectivity index is 2.18. The summed E-state index contributed by atoms with van der Waals surface area (Å²) in [5, 5.41) is 7.42. The van der Waals surface area contributed by atoms with Crippen molar-refractivity contribution in [1.82, 2.24) is 14.9 Å². The van der Waals surface area contributed by atoms with Crippen LogP contribution in [0, 0.1) is 6.92 Å². The van der Waals surface area contributed by atoms with Crippen molar-refractivity contribution in [2.75, 3.05) is 0 Å². The molecule has 0 aromatic carbocycles. The molecule has 0 aliphatic heterocycles. The SMILES string of the molecule is Cc1nonc1Cn1ccc(C=O)c1. The molecule has 5 nitrogen and oxygen atoms in total. The second-order valence-corrected chi connectivity index (χ2v) is 3.03. The second-order valence-electron chi connectivity index (χ2n) is 3.03. The summed E-state index contributed by atoms with van der Waals surface area (Å²) in [6.45, 7) is 2.40. The van der Waals surface area contributed by atoms with Crippen LogP contribution in [0.25, 0.3) is 0 Å². The number of carbonyl (C=O) groups excluding carboxylic acids is 1. The number of aldehydes is 1. The van der Waals surface area contributed by atoms with Gasteiger partial charge in [-0.1, -0.05) is 10.3 Å². The Morgan fingerprint density at radius 3 is 3.00 bits per heavy atom. The molecule has 2 aromatic rings. The Labute approximate surface area is 80.3 Å². The van der Waals surface area contributed by atoms with Gasteiger partial charge in [0.25, 0.3) is 0 Å². The molecule has 0 unspecified atom stereocenters. The third-order valence-electron chi connectivity index (χ3n) is 1.99. The lowest BCUT2D eigenvalue weighted by Crippen LogP contribution is -1.98. The number of aromatic nitrogens is 3. The van der Waals surface area contributed by atoms with Crippen LogP contribution in [0.2, 0.25) is 0 Å². The van der Waals surface area contributed by atoms with Gasteiger partial charge < -0.3 is 4.57 Å². The maximum Gasteiger partial charge on any atom is 0.151 e. The summed E-state index contributed by atoms with van der Waals surface area (Å²) < 4.78 is 6.43. The van der Waals surface area contributed by atoms with Gasteiger partial charge in [-0.25, -0.2) is 4.63 Å². The quantitative estimate of drug-likeness (QED) is 0.680. The van der Waals surface area contributed by atoms with Gasteiger partial charge in [-0.15, -0.1) is 0 Å². The van der Waals surface area contributed by atoms with E-state index in [4.69, 9.17) is 0 Å². The molecular weight excluding hydrogens is 182 g/mol. The van der Waals surface area contributed by atoms with Crippen molar-refractivity contribution >= 4 is 6.29 Å². The number of hydrogen-bond acceptors (Lipinski definition) is 4. The molecule has 2 aromatic heterocycles. The van der Waals surface area contributed by atoms with Gasteiger partial charge >= 0.3 is 0 Å². The van der Waals surface area contributed by atoms with E-state index in [1.54, 1.807) is 12.3 Å². The molecule has 0 radical (unpaired) electrons. The van der Waals surface area contributed by atoms with Crippen LogP contribution in [-0.2, 0) is 6.54 Å². The summed E-state index contributed by atoms with van der Waals surface area (Å²) in [5.74, 6) is 0. The molecule has 0 amide bonds. The van der Waals surface area contributed by atoms with E-state index < -0.39 is 0 Å². The van der Waals surface area contributed by atoms with E-state index in [9.17, 15) is 4.79 Å². The molecular formula is C9H9N3O2. The highest BCUT2D eigenvalue weighted by atomic mass is 16.6. The number of rotatable bonds is 3. The van der Waals surface area contributed by atoms with Gasteiger partial charge in [-0.3, -0.25) is 4.79 Å². The van der Waals surface area contributed by atoms with Crippen molar-refractivity contribution in [2.45, 2.75) is 13.5 Å². The number of nitrogens with zero attached hydrogens (tertiary/aromatic N) is 3. The molecule has 72 valence electrons. The van der Waals surface area contributed by atoms with Crippen LogP contribution in [-0.4, -0.2) is 21.2 Å². The second kappa shape index (κ2) is 3.45. The maximum absolute atomic E-state index is 10.4. The van der Waals surface area contributed by atoms with Crippen LogP contribution >= 0.6 is 0 Å². The van der Waals surface area contributed by atoms with Gasteiger partial charge in [-0.2, -0.15) is 0 Å². The molecule has 0 bridgehead atoms. The van der Waals surface area contributed by atoms with Crippen LogP contribution in [0.5, 0.6) is 0 Å². The smallest absolute Gasteiger partial charge is 0.151 e. The molecule has 0 saturated carbocycles. The minimum atomic E-state index is 0.573. The fourth-order valence-electron chi connectivity index (χ4n) is 1.19. The fourth-order valence-corrected chi connectivity index (χ4v) is 1.19. The molecule has 0 aliphatic carbocycles. The topological polar surface area (TPSA) is 60.9 Å². The van der Waals surface area contributed by atoms with E-state index >= 15 is 0 Å². The van der Waals surface area contributed by atoms with Crippen molar-refractivity contribution in [3.05, 3.63) is 35.4 Å². The molecule has 0 saturated heterocycles. The predicted molar refractivity (Wildman–Crippen MR) is 48.0 cm³/mol. The first-order chi connectivity index (χ1) is 6.79. The maximum atomic E-state index is 10.4. The number of carbonyl (C=O) groups is 1. The van der Waals surface area contributed by atoms with E-state index in [0.717, 1.165) is 17.7 Å². The largest absolute Gasteiger partial charge is 0.347 e. The molecule has 2 heterocycles. The molecule has 0 atom stereocenters. The van der Waals surface area contributed by atoms with Crippen molar-refractivity contribution in [3.8, 4) is 0 Å². The zero-order valence-electron chi connectivity index (χ0n) is 7.67. The average molecular weight is 191 g/mol. The third-order valence-corrected chi connectivity index (χ3v) is 1.99. The normalized spacial score (nSPS) is 10.4. The fraction of sp³-hybridized carbons (Fsp3) is 0.222. The Morgan fingerprint density at radius 1 is 1.57 bits per heavy atom. The van der Waals surface area contributed by atoms with Crippen LogP contribution < -0.4 is 0 Å². The van der Waals surface area contributed by atoms with Crippen LogP contribution in [0.4, 0.5) is 0 Å². The minimum Gasteiger partial charge on any atom is -0.347 e. The van der Waals surface area contributed by atoms with E-state index in [2.05, 4.69) is 14.9 Å². The van der Waals surface area contributed by atoms with Crippen LogP contribution in [0.1, 0.15) is 21.7 Å². The van der Waals surface area contributed by atoms with Gasteiger partial charge in [0.15, 0.2) is 6.29 Å². The molecule has 0 spiro atoms. The van der Waals surface area contributed by atoms with Crippen molar-refractivity contribution in [2.24, 2.45) is 0 Å². The predicted octanol–water partition coefficient (Wildman–Crippen LogP) is 1.04. The van der Waals surface area contributed by atoms with Crippen LogP contribution in [0.3, 0.4) is 0 Å². The molecule has 5 heteroatoms. The zero-order valence-corrected chi connectivity index (χ0v) is 7.67. The summed E-state index contributed by atoms with van der Waals surface area (Å²) in [7, 11) is 0. The number of hydrogen-bond donors (Lipinski definition) is 0. The summed E-state index contributed by atoms with van der Waals surface area (Å²) >= 11 is 0. The van der Waals surface area contributed by atoms with Gasteiger partial charge in [-0.05, 0) is 13.0 Å². The first-order valence-corrected chi connectivity index (χ1v) is 4.18. The molecule has 0 N–H and O–H groups in total. The van der Waals surface area contributed by atoms with Gasteiger partial charge in [0.1, 0.15) is 11.4 Å². The Morgan fingerprint density at radius 2 is 2.43 bits per heavy atom. The monoisotopic (exact) mass is 191 g/mol. The Hall–Kier alpha value is -1.91. The lowest BCUT2D eigenvalue weighted by atomic mass is 10.3. The summed E-state index contributed by atoms with van der Waals surface area (Å²) in [6.07, 6.45) is 4.38. The highest BCUT2D eigenvalue weighted by Gasteiger charge is 2.05. The third kappa shape index (κ3) is 1.56. The van der Waals surface area contributed by atoms with Gasteiger partial charge in [0.05, 0.1) is 6.54 Å². The zero-order chi connectivity index (χ0) is 9.97. The number of aryl methyl sites for hydroxylation is 1. The first-order valence-electron chi connectivity index (χ1n) is 4.18. The standard InChI is InChI=1S/C9H9N3O2/c1-7-9(11-14-10-7)5-12-3-2-8(4-12)6-13/h2-4,6H,5H2,1H3. The Bertz CT molecular complexity index is 444. The van der Waals surface area contributed by atoms with E-state index in [1.807, 2.05) is 17.7 Å². The molecule has 14 heavy (non-hydrogen) atoms. The first kappa shape index (κ1) is 8.68. The van der Waals surface area contributed by atoms with E-state index in [-0.39, 0.29) is 0 Å². The van der Waals surface area contributed by atoms with Crippen molar-refractivity contribution in [1.29, 1.82) is 0 Å². The lowest BCUT2D eigenvalue weighted by Gasteiger charge is -1.97. The van der Waals surface area contributed by atoms with Gasteiger partial charge in [0.2, 0.25) is 0 Å². The van der Waals surface area contributed by atoms with Crippen molar-refractivity contribution < 1.29 is 9.42 Å². The molecule has 2 rings (SSSR count). The minimum absolute atomic E-state index is 0.573. The summed E-state index contributed by atoms with van der Waals surface area (Å²) in [5.41, 5.74) is 2.20. The Kier molecular flexibility index (Phi) is 2.14. The summed E-state index contributed by atoms with van der Waals surface area (Å²) in [4.78, 5) is 10.4. The summed E-state index contributed by atoms with van der Waals surface area (Å²) in [6, 6.07) is 1.75. The average Bonchev–Trinajstić information content (AvgIpc) is 2.77. The van der Waals surface area contributed by atoms with E-state index in [1.165, 1.54) is 0 Å². The van der Waals surface area contributed by atoms with E-state index in [0.29, 0.717) is 12.1 Å².